The molecule has 2 N–H and O–H groups in total. The number of hydrogen-bond donors (Lipinski definition) is 2. The normalized spacial score (nSPS) is 13.6. The average molecular weight is 472 g/mol. The first-order valence-corrected chi connectivity index (χ1v) is 11.1. The number of hydrogen-bond acceptors (Lipinski definition) is 6. The van der Waals surface area contributed by atoms with E-state index in [4.69, 9.17) is 18.9 Å². The van der Waals surface area contributed by atoms with Crippen molar-refractivity contribution >= 4 is 17.6 Å². The van der Waals surface area contributed by atoms with Gasteiger partial charge in [0.15, 0.2) is 11.5 Å². The SMILES string of the molecule is COc1ccc(NC(=O)C(NC(=O)N2CCc3cc(OC)c(OC)cc3C2)C(C)C)c(OC)c1. The molecule has 0 spiro atoms. The maximum Gasteiger partial charge on any atom is 0.318 e. The van der Waals surface area contributed by atoms with Crippen LogP contribution in [0.2, 0.25) is 0 Å². The Morgan fingerprint density at radius 2 is 1.53 bits per heavy atom. The van der Waals surface area contributed by atoms with Gasteiger partial charge >= 0.3 is 6.03 Å². The van der Waals surface area contributed by atoms with Gasteiger partial charge in [-0.1, -0.05) is 13.8 Å². The highest BCUT2D eigenvalue weighted by Crippen LogP contribution is 2.33. The van der Waals surface area contributed by atoms with Gasteiger partial charge in [-0.15, -0.1) is 0 Å². The third kappa shape index (κ3) is 5.47. The summed E-state index contributed by atoms with van der Waals surface area (Å²) >= 11 is 0. The van der Waals surface area contributed by atoms with Gasteiger partial charge in [0.1, 0.15) is 17.5 Å². The van der Waals surface area contributed by atoms with E-state index in [-0.39, 0.29) is 17.9 Å². The van der Waals surface area contributed by atoms with Crippen molar-refractivity contribution in [2.24, 2.45) is 5.92 Å². The Bertz CT molecular complexity index is 1040. The first-order valence-electron chi connectivity index (χ1n) is 11.1. The van der Waals surface area contributed by atoms with Gasteiger partial charge in [0.25, 0.3) is 0 Å². The largest absolute Gasteiger partial charge is 0.497 e. The minimum Gasteiger partial charge on any atom is -0.497 e. The molecule has 0 bridgehead atoms. The van der Waals surface area contributed by atoms with Crippen molar-refractivity contribution in [1.29, 1.82) is 0 Å². The number of anilines is 1. The van der Waals surface area contributed by atoms with Crippen LogP contribution in [0.25, 0.3) is 0 Å². The molecule has 9 heteroatoms. The molecule has 0 fully saturated rings. The molecule has 184 valence electrons. The number of carbonyl (C=O) groups excluding carboxylic acids is 2. The fraction of sp³-hybridized carbons (Fsp3) is 0.440. The second-order valence-corrected chi connectivity index (χ2v) is 8.37. The fourth-order valence-electron chi connectivity index (χ4n) is 3.93. The van der Waals surface area contributed by atoms with Gasteiger partial charge in [-0.3, -0.25) is 4.79 Å². The number of nitrogens with one attached hydrogen (secondary N) is 2. The molecule has 3 rings (SSSR count). The quantitative estimate of drug-likeness (QED) is 0.612. The highest BCUT2D eigenvalue weighted by Gasteiger charge is 2.29. The lowest BCUT2D eigenvalue weighted by molar-refractivity contribution is -0.118. The summed E-state index contributed by atoms with van der Waals surface area (Å²) < 4.78 is 21.4. The zero-order valence-electron chi connectivity index (χ0n) is 20.6. The number of benzene rings is 2. The monoisotopic (exact) mass is 471 g/mol. The number of urea groups is 1. The lowest BCUT2D eigenvalue weighted by atomic mass is 9.99. The van der Waals surface area contributed by atoms with Gasteiger partial charge < -0.3 is 34.5 Å². The Morgan fingerprint density at radius 1 is 0.882 bits per heavy atom. The van der Waals surface area contributed by atoms with Crippen molar-refractivity contribution in [3.8, 4) is 23.0 Å². The summed E-state index contributed by atoms with van der Waals surface area (Å²) in [4.78, 5) is 27.9. The van der Waals surface area contributed by atoms with E-state index in [9.17, 15) is 9.59 Å². The van der Waals surface area contributed by atoms with E-state index >= 15 is 0 Å². The summed E-state index contributed by atoms with van der Waals surface area (Å²) in [7, 11) is 6.26. The van der Waals surface area contributed by atoms with Crippen LogP contribution < -0.4 is 29.6 Å². The highest BCUT2D eigenvalue weighted by molar-refractivity contribution is 5.98. The fourth-order valence-corrected chi connectivity index (χ4v) is 3.93. The van der Waals surface area contributed by atoms with Gasteiger partial charge in [-0.2, -0.15) is 0 Å². The van der Waals surface area contributed by atoms with E-state index in [2.05, 4.69) is 10.6 Å². The third-order valence-electron chi connectivity index (χ3n) is 5.90. The molecule has 1 heterocycles. The van der Waals surface area contributed by atoms with Crippen molar-refractivity contribution in [2.75, 3.05) is 40.3 Å². The van der Waals surface area contributed by atoms with E-state index in [1.807, 2.05) is 26.0 Å². The number of methoxy groups -OCH3 is 4. The number of carbonyl (C=O) groups is 2. The highest BCUT2D eigenvalue weighted by atomic mass is 16.5. The van der Waals surface area contributed by atoms with Gasteiger partial charge in [0, 0.05) is 19.2 Å². The van der Waals surface area contributed by atoms with Crippen molar-refractivity contribution in [3.05, 3.63) is 41.5 Å². The maximum atomic E-state index is 13.1. The molecule has 1 atom stereocenters. The van der Waals surface area contributed by atoms with Crippen LogP contribution in [0, 0.1) is 5.92 Å². The summed E-state index contributed by atoms with van der Waals surface area (Å²) in [5.74, 6) is 1.92. The second-order valence-electron chi connectivity index (χ2n) is 8.37. The molecule has 2 aromatic rings. The minimum absolute atomic E-state index is 0.130. The molecule has 3 amide bonds. The van der Waals surface area contributed by atoms with Gasteiger partial charge in [-0.05, 0) is 47.7 Å². The van der Waals surface area contributed by atoms with E-state index in [0.29, 0.717) is 48.2 Å². The lowest BCUT2D eigenvalue weighted by Crippen LogP contribution is -2.52. The molecule has 2 aromatic carbocycles. The lowest BCUT2D eigenvalue weighted by Gasteiger charge is -2.32. The molecule has 1 aliphatic rings. The number of ether oxygens (including phenoxy) is 4. The minimum atomic E-state index is -0.730. The number of rotatable bonds is 8. The summed E-state index contributed by atoms with van der Waals surface area (Å²) in [5.41, 5.74) is 2.61. The summed E-state index contributed by atoms with van der Waals surface area (Å²) in [6, 6.07) is 7.95. The first kappa shape index (κ1) is 25.0. The van der Waals surface area contributed by atoms with Gasteiger partial charge in [0.05, 0.1) is 34.1 Å². The van der Waals surface area contributed by atoms with E-state index in [1.165, 1.54) is 7.11 Å². The molecule has 0 radical (unpaired) electrons. The smallest absolute Gasteiger partial charge is 0.318 e. The molecule has 1 aliphatic heterocycles. The Morgan fingerprint density at radius 3 is 2.12 bits per heavy atom. The third-order valence-corrected chi connectivity index (χ3v) is 5.90. The van der Waals surface area contributed by atoms with Crippen molar-refractivity contribution < 1.29 is 28.5 Å². The maximum absolute atomic E-state index is 13.1. The van der Waals surface area contributed by atoms with E-state index in [0.717, 1.165) is 11.1 Å². The van der Waals surface area contributed by atoms with Gasteiger partial charge in [0.2, 0.25) is 5.91 Å². The molecule has 0 saturated heterocycles. The standard InChI is InChI=1S/C25H33N3O6/c1-15(2)23(24(29)26-19-8-7-18(31-3)13-20(19)32-4)27-25(30)28-10-9-16-11-21(33-5)22(34-6)12-17(16)14-28/h7-8,11-13,15,23H,9-10,14H2,1-6H3,(H,26,29)(H,27,30). The van der Waals surface area contributed by atoms with Crippen molar-refractivity contribution in [2.45, 2.75) is 32.9 Å². The summed E-state index contributed by atoms with van der Waals surface area (Å²) in [5, 5.41) is 5.76. The Hall–Kier alpha value is -3.62. The Labute approximate surface area is 200 Å². The topological polar surface area (TPSA) is 98.4 Å². The molecular weight excluding hydrogens is 438 g/mol. The molecule has 0 saturated carbocycles. The van der Waals surface area contributed by atoms with E-state index < -0.39 is 6.04 Å². The van der Waals surface area contributed by atoms with Crippen molar-refractivity contribution in [1.82, 2.24) is 10.2 Å². The average Bonchev–Trinajstić information content (AvgIpc) is 2.85. The van der Waals surface area contributed by atoms with Crippen molar-refractivity contribution in [3.63, 3.8) is 0 Å². The molecule has 1 unspecified atom stereocenters. The van der Waals surface area contributed by atoms with E-state index in [1.54, 1.807) is 44.4 Å². The van der Waals surface area contributed by atoms with Crippen LogP contribution in [0.1, 0.15) is 25.0 Å². The number of nitrogens with zero attached hydrogens (tertiary/aromatic N) is 1. The van der Waals surface area contributed by atoms with Crippen LogP contribution in [-0.4, -0.2) is 57.9 Å². The number of amides is 3. The zero-order valence-corrected chi connectivity index (χ0v) is 20.6. The number of fused-ring (bicyclic) bond motifs is 1. The first-order chi connectivity index (χ1) is 16.3. The summed E-state index contributed by atoms with van der Waals surface area (Å²) in [6.45, 7) is 4.73. The molecule has 0 aromatic heterocycles. The second kappa shape index (κ2) is 11.0. The van der Waals surface area contributed by atoms with Gasteiger partial charge in [-0.25, -0.2) is 4.79 Å². The molecule has 34 heavy (non-hydrogen) atoms. The van der Waals surface area contributed by atoms with Crippen LogP contribution in [-0.2, 0) is 17.8 Å². The zero-order chi connectivity index (χ0) is 24.8. The molecule has 0 aliphatic carbocycles. The molecular formula is C25H33N3O6. The predicted molar refractivity (Wildman–Crippen MR) is 129 cm³/mol. The van der Waals surface area contributed by atoms with Crippen LogP contribution in [0.15, 0.2) is 30.3 Å². The van der Waals surface area contributed by atoms with Crippen LogP contribution >= 0.6 is 0 Å². The Balaban J connectivity index is 1.71. The van der Waals surface area contributed by atoms with Crippen LogP contribution in [0.3, 0.4) is 0 Å². The molecule has 9 nitrogen and oxygen atoms in total. The Kier molecular flexibility index (Phi) is 8.09. The predicted octanol–water partition coefficient (Wildman–Crippen LogP) is 3.45. The summed E-state index contributed by atoms with van der Waals surface area (Å²) in [6.07, 6.45) is 0.685. The van der Waals surface area contributed by atoms with Crippen LogP contribution in [0.4, 0.5) is 10.5 Å². The van der Waals surface area contributed by atoms with Crippen LogP contribution in [0.5, 0.6) is 23.0 Å².